The van der Waals surface area contributed by atoms with Crippen molar-refractivity contribution in [2.45, 2.75) is 26.8 Å². The van der Waals surface area contributed by atoms with Crippen molar-refractivity contribution in [2.24, 2.45) is 4.99 Å². The molecule has 3 N–H and O–H groups in total. The highest BCUT2D eigenvalue weighted by atomic mass is 35.5. The first-order valence-corrected chi connectivity index (χ1v) is 9.19. The van der Waals surface area contributed by atoms with Gasteiger partial charge >= 0.3 is 0 Å². The Bertz CT molecular complexity index is 810. The number of benzene rings is 2. The van der Waals surface area contributed by atoms with Crippen LogP contribution >= 0.6 is 11.6 Å². The van der Waals surface area contributed by atoms with Crippen LogP contribution in [-0.2, 0) is 11.3 Å². The number of aryl methyl sites for hydroxylation is 1. The second-order valence-corrected chi connectivity index (χ2v) is 6.40. The topological polar surface area (TPSA) is 65.5 Å². The molecule has 27 heavy (non-hydrogen) atoms. The van der Waals surface area contributed by atoms with Crippen LogP contribution in [-0.4, -0.2) is 25.0 Å². The van der Waals surface area contributed by atoms with E-state index < -0.39 is 0 Å². The zero-order valence-corrected chi connectivity index (χ0v) is 16.2. The quantitative estimate of drug-likeness (QED) is 0.496. The third-order valence-corrected chi connectivity index (χ3v) is 4.07. The number of carbonyl (C=O) groups is 1. The lowest BCUT2D eigenvalue weighted by atomic mass is 10.2. The second-order valence-electron chi connectivity index (χ2n) is 5.99. The standard InChI is InChI=1S/C20H24ClFN4O/c1-3-23-20(25-13-15-6-4-5-7-17(15)22)24-11-10-19(27)26-18-9-8-14(2)12-16(18)21/h4-9,12H,3,10-11,13H2,1-2H3,(H,26,27)(H2,23,24,25). The Hall–Kier alpha value is -2.60. The van der Waals surface area contributed by atoms with Gasteiger partial charge in [0.2, 0.25) is 5.91 Å². The summed E-state index contributed by atoms with van der Waals surface area (Å²) in [5, 5.41) is 9.45. The average Bonchev–Trinajstić information content (AvgIpc) is 2.63. The van der Waals surface area contributed by atoms with Crippen LogP contribution in [0.2, 0.25) is 5.02 Å². The number of amides is 1. The van der Waals surface area contributed by atoms with Gasteiger partial charge in [-0.15, -0.1) is 0 Å². The molecule has 0 aromatic heterocycles. The number of rotatable bonds is 7. The predicted octanol–water partition coefficient (Wildman–Crippen LogP) is 3.87. The van der Waals surface area contributed by atoms with Crippen LogP contribution < -0.4 is 16.0 Å². The zero-order valence-electron chi connectivity index (χ0n) is 15.5. The van der Waals surface area contributed by atoms with Crippen molar-refractivity contribution in [3.8, 4) is 0 Å². The first-order valence-electron chi connectivity index (χ1n) is 8.81. The molecule has 0 atom stereocenters. The van der Waals surface area contributed by atoms with E-state index in [1.165, 1.54) is 6.07 Å². The van der Waals surface area contributed by atoms with Gasteiger partial charge in [-0.3, -0.25) is 4.79 Å². The molecular formula is C20H24ClFN4O. The van der Waals surface area contributed by atoms with Gasteiger partial charge in [-0.1, -0.05) is 35.9 Å². The second kappa shape index (κ2) is 10.5. The molecule has 0 heterocycles. The number of carbonyl (C=O) groups excluding carboxylic acids is 1. The summed E-state index contributed by atoms with van der Waals surface area (Å²) in [4.78, 5) is 16.4. The summed E-state index contributed by atoms with van der Waals surface area (Å²) in [6.07, 6.45) is 0.244. The molecule has 2 aromatic rings. The van der Waals surface area contributed by atoms with E-state index in [0.29, 0.717) is 35.3 Å². The van der Waals surface area contributed by atoms with Crippen LogP contribution in [0, 0.1) is 12.7 Å². The fraction of sp³-hybridized carbons (Fsp3) is 0.300. The molecule has 0 bridgehead atoms. The molecule has 0 aliphatic carbocycles. The highest BCUT2D eigenvalue weighted by Crippen LogP contribution is 2.22. The van der Waals surface area contributed by atoms with Gasteiger partial charge in [-0.25, -0.2) is 9.38 Å². The monoisotopic (exact) mass is 390 g/mol. The lowest BCUT2D eigenvalue weighted by Gasteiger charge is -2.12. The highest BCUT2D eigenvalue weighted by molar-refractivity contribution is 6.33. The van der Waals surface area contributed by atoms with E-state index in [2.05, 4.69) is 20.9 Å². The lowest BCUT2D eigenvalue weighted by Crippen LogP contribution is -2.38. The SMILES string of the molecule is CCNC(=NCc1ccccc1F)NCCC(=O)Nc1ccc(C)cc1Cl. The molecule has 1 amide bonds. The molecule has 0 saturated heterocycles. The number of hydrogen-bond donors (Lipinski definition) is 3. The van der Waals surface area contributed by atoms with Gasteiger partial charge in [0.15, 0.2) is 5.96 Å². The maximum absolute atomic E-state index is 13.7. The smallest absolute Gasteiger partial charge is 0.226 e. The highest BCUT2D eigenvalue weighted by Gasteiger charge is 2.07. The van der Waals surface area contributed by atoms with Gasteiger partial charge < -0.3 is 16.0 Å². The number of guanidine groups is 1. The van der Waals surface area contributed by atoms with Crippen LogP contribution in [0.1, 0.15) is 24.5 Å². The molecule has 0 aliphatic rings. The summed E-state index contributed by atoms with van der Waals surface area (Å²) in [7, 11) is 0. The average molecular weight is 391 g/mol. The number of nitrogens with zero attached hydrogens (tertiary/aromatic N) is 1. The summed E-state index contributed by atoms with van der Waals surface area (Å²) in [6.45, 7) is 5.14. The van der Waals surface area contributed by atoms with Crippen molar-refractivity contribution >= 4 is 29.2 Å². The van der Waals surface area contributed by atoms with Crippen LogP contribution in [0.25, 0.3) is 0 Å². The van der Waals surface area contributed by atoms with Crippen molar-refractivity contribution in [1.82, 2.24) is 10.6 Å². The van der Waals surface area contributed by atoms with Gasteiger partial charge in [-0.2, -0.15) is 0 Å². The number of aliphatic imine (C=N–C) groups is 1. The third kappa shape index (κ3) is 6.90. The molecule has 0 radical (unpaired) electrons. The van der Waals surface area contributed by atoms with E-state index in [9.17, 15) is 9.18 Å². The van der Waals surface area contributed by atoms with Gasteiger partial charge in [0, 0.05) is 25.1 Å². The molecule has 0 saturated carbocycles. The normalized spacial score (nSPS) is 11.2. The van der Waals surface area contributed by atoms with Gasteiger partial charge in [0.05, 0.1) is 17.3 Å². The third-order valence-electron chi connectivity index (χ3n) is 3.75. The van der Waals surface area contributed by atoms with Crippen molar-refractivity contribution in [1.29, 1.82) is 0 Å². The largest absolute Gasteiger partial charge is 0.357 e. The van der Waals surface area contributed by atoms with Crippen molar-refractivity contribution in [3.05, 3.63) is 64.4 Å². The molecule has 0 fully saturated rings. The van der Waals surface area contributed by atoms with E-state index in [1.807, 2.05) is 19.9 Å². The van der Waals surface area contributed by atoms with E-state index in [1.54, 1.807) is 30.3 Å². The van der Waals surface area contributed by atoms with Crippen LogP contribution in [0.3, 0.4) is 0 Å². The minimum Gasteiger partial charge on any atom is -0.357 e. The Kier molecular flexibility index (Phi) is 8.07. The van der Waals surface area contributed by atoms with Gasteiger partial charge in [-0.05, 0) is 37.6 Å². The van der Waals surface area contributed by atoms with E-state index in [0.717, 1.165) is 5.56 Å². The summed E-state index contributed by atoms with van der Waals surface area (Å²) in [6, 6.07) is 12.0. The Morgan fingerprint density at radius 1 is 1.19 bits per heavy atom. The minimum atomic E-state index is -0.286. The van der Waals surface area contributed by atoms with Crippen LogP contribution in [0.5, 0.6) is 0 Å². The number of halogens is 2. The Balaban J connectivity index is 1.85. The zero-order chi connectivity index (χ0) is 19.6. The first kappa shape index (κ1) is 20.7. The van der Waals surface area contributed by atoms with Gasteiger partial charge in [0.1, 0.15) is 5.82 Å². The Morgan fingerprint density at radius 2 is 1.96 bits per heavy atom. The summed E-state index contributed by atoms with van der Waals surface area (Å²) < 4.78 is 13.7. The maximum Gasteiger partial charge on any atom is 0.226 e. The molecule has 7 heteroatoms. The van der Waals surface area contributed by atoms with E-state index in [-0.39, 0.29) is 24.7 Å². The molecular weight excluding hydrogens is 367 g/mol. The number of nitrogens with one attached hydrogen (secondary N) is 3. The van der Waals surface area contributed by atoms with Crippen molar-refractivity contribution in [2.75, 3.05) is 18.4 Å². The molecule has 0 spiro atoms. The fourth-order valence-electron chi connectivity index (χ4n) is 2.36. The van der Waals surface area contributed by atoms with Crippen LogP contribution in [0.15, 0.2) is 47.5 Å². The van der Waals surface area contributed by atoms with Crippen molar-refractivity contribution < 1.29 is 9.18 Å². The molecule has 2 aromatic carbocycles. The number of anilines is 1. The van der Waals surface area contributed by atoms with Gasteiger partial charge in [0.25, 0.3) is 0 Å². The minimum absolute atomic E-state index is 0.154. The molecule has 2 rings (SSSR count). The maximum atomic E-state index is 13.7. The molecule has 144 valence electrons. The summed E-state index contributed by atoms with van der Waals surface area (Å²) in [5.74, 6) is 0.0894. The number of hydrogen-bond acceptors (Lipinski definition) is 2. The first-order chi connectivity index (χ1) is 13.0. The van der Waals surface area contributed by atoms with E-state index >= 15 is 0 Å². The fourth-order valence-corrected chi connectivity index (χ4v) is 2.64. The molecule has 5 nitrogen and oxygen atoms in total. The lowest BCUT2D eigenvalue weighted by molar-refractivity contribution is -0.116. The Labute approximate surface area is 164 Å². The molecule has 0 unspecified atom stereocenters. The van der Waals surface area contributed by atoms with E-state index in [4.69, 9.17) is 11.6 Å². The summed E-state index contributed by atoms with van der Waals surface area (Å²) in [5.41, 5.74) is 2.13. The predicted molar refractivity (Wildman–Crippen MR) is 109 cm³/mol. The van der Waals surface area contributed by atoms with Crippen molar-refractivity contribution in [3.63, 3.8) is 0 Å². The summed E-state index contributed by atoms with van der Waals surface area (Å²) >= 11 is 6.12. The van der Waals surface area contributed by atoms with Crippen LogP contribution in [0.4, 0.5) is 10.1 Å². The molecule has 0 aliphatic heterocycles. The Morgan fingerprint density at radius 3 is 2.67 bits per heavy atom.